The number of esters is 1. The average molecular weight is 415 g/mol. The van der Waals surface area contributed by atoms with Crippen LogP contribution in [-0.2, 0) is 19.1 Å². The van der Waals surface area contributed by atoms with E-state index in [9.17, 15) is 19.2 Å². The molecule has 1 fully saturated rings. The fourth-order valence-corrected chi connectivity index (χ4v) is 3.71. The number of hydrogen-bond donors (Lipinski definition) is 2. The number of benzene rings is 1. The van der Waals surface area contributed by atoms with Gasteiger partial charge in [-0.05, 0) is 23.4 Å². The Morgan fingerprint density at radius 2 is 1.97 bits per heavy atom. The van der Waals surface area contributed by atoms with Gasteiger partial charge < -0.3 is 15.4 Å². The van der Waals surface area contributed by atoms with Crippen molar-refractivity contribution in [3.63, 3.8) is 0 Å². The molecule has 4 amide bonds. The Hall–Kier alpha value is -3.20. The van der Waals surface area contributed by atoms with Crippen LogP contribution in [0.5, 0.6) is 0 Å². The molecule has 0 spiro atoms. The molecule has 8 nitrogen and oxygen atoms in total. The van der Waals surface area contributed by atoms with Gasteiger partial charge in [-0.15, -0.1) is 11.3 Å². The quantitative estimate of drug-likeness (QED) is 0.480. The number of urea groups is 1. The van der Waals surface area contributed by atoms with Gasteiger partial charge in [0, 0.05) is 17.8 Å². The van der Waals surface area contributed by atoms with E-state index in [-0.39, 0.29) is 37.9 Å². The summed E-state index contributed by atoms with van der Waals surface area (Å²) in [5.41, 5.74) is 0.934. The van der Waals surface area contributed by atoms with Gasteiger partial charge in [-0.3, -0.25) is 19.3 Å². The lowest BCUT2D eigenvalue weighted by Crippen LogP contribution is -2.33. The monoisotopic (exact) mass is 415 g/mol. The smallest absolute Gasteiger partial charge is 0.324 e. The summed E-state index contributed by atoms with van der Waals surface area (Å²) in [4.78, 5) is 49.1. The van der Waals surface area contributed by atoms with Crippen molar-refractivity contribution in [1.29, 1.82) is 0 Å². The van der Waals surface area contributed by atoms with Crippen molar-refractivity contribution in [2.75, 3.05) is 19.7 Å². The molecule has 29 heavy (non-hydrogen) atoms. The highest BCUT2D eigenvalue weighted by atomic mass is 32.1. The molecule has 1 saturated heterocycles. The van der Waals surface area contributed by atoms with Gasteiger partial charge in [0.1, 0.15) is 0 Å². The summed E-state index contributed by atoms with van der Waals surface area (Å²) >= 11 is 1.53. The van der Waals surface area contributed by atoms with Gasteiger partial charge in [0.15, 0.2) is 6.61 Å². The number of thiophene rings is 1. The Balaban J connectivity index is 1.45. The van der Waals surface area contributed by atoms with Crippen molar-refractivity contribution in [3.05, 3.63) is 58.3 Å². The highest BCUT2D eigenvalue weighted by Gasteiger charge is 2.27. The minimum atomic E-state index is -0.556. The fourth-order valence-electron chi connectivity index (χ4n) is 2.90. The van der Waals surface area contributed by atoms with Crippen molar-refractivity contribution < 1.29 is 23.9 Å². The molecule has 0 unspecified atom stereocenters. The predicted molar refractivity (Wildman–Crippen MR) is 106 cm³/mol. The molecule has 0 aliphatic carbocycles. The van der Waals surface area contributed by atoms with Crippen LogP contribution in [-0.4, -0.2) is 48.4 Å². The van der Waals surface area contributed by atoms with E-state index in [0.29, 0.717) is 0 Å². The molecule has 1 aliphatic heterocycles. The maximum Gasteiger partial charge on any atom is 0.324 e. The van der Waals surface area contributed by atoms with Gasteiger partial charge >= 0.3 is 12.0 Å². The molecule has 0 bridgehead atoms. The second-order valence-corrected chi connectivity index (χ2v) is 7.37. The Kier molecular flexibility index (Phi) is 6.96. The van der Waals surface area contributed by atoms with E-state index in [1.807, 2.05) is 47.8 Å². The van der Waals surface area contributed by atoms with Crippen LogP contribution in [0.15, 0.2) is 47.8 Å². The van der Waals surface area contributed by atoms with Crippen molar-refractivity contribution in [2.45, 2.75) is 18.9 Å². The minimum absolute atomic E-state index is 0.0113. The van der Waals surface area contributed by atoms with Gasteiger partial charge in [-0.1, -0.05) is 36.4 Å². The van der Waals surface area contributed by atoms with Crippen LogP contribution in [0.2, 0.25) is 0 Å². The van der Waals surface area contributed by atoms with Gasteiger partial charge in [0.2, 0.25) is 5.91 Å². The molecule has 2 N–H and O–H groups in total. The third-order valence-corrected chi connectivity index (χ3v) is 5.27. The predicted octanol–water partition coefficient (Wildman–Crippen LogP) is 1.83. The Labute approximate surface area is 171 Å². The highest BCUT2D eigenvalue weighted by molar-refractivity contribution is 7.10. The third-order valence-electron chi connectivity index (χ3n) is 4.33. The lowest BCUT2D eigenvalue weighted by Gasteiger charge is -2.18. The molecule has 1 atom stereocenters. The van der Waals surface area contributed by atoms with Gasteiger partial charge in [0.05, 0.1) is 12.6 Å². The average Bonchev–Trinajstić information content (AvgIpc) is 3.36. The number of carbonyl (C=O) groups is 4. The van der Waals surface area contributed by atoms with Crippen LogP contribution in [0.25, 0.3) is 0 Å². The maximum absolute atomic E-state index is 12.3. The van der Waals surface area contributed by atoms with Crippen LogP contribution >= 0.6 is 11.3 Å². The molecular weight excluding hydrogens is 394 g/mol. The lowest BCUT2D eigenvalue weighted by atomic mass is 10.1. The number of nitrogens with zero attached hydrogens (tertiary/aromatic N) is 1. The molecular formula is C20H21N3O5S. The first kappa shape index (κ1) is 20.5. The van der Waals surface area contributed by atoms with E-state index in [4.69, 9.17) is 4.74 Å². The number of nitrogens with one attached hydrogen (secondary N) is 2. The zero-order valence-electron chi connectivity index (χ0n) is 15.6. The van der Waals surface area contributed by atoms with E-state index >= 15 is 0 Å². The van der Waals surface area contributed by atoms with E-state index in [1.54, 1.807) is 0 Å². The second kappa shape index (κ2) is 9.83. The van der Waals surface area contributed by atoms with Crippen molar-refractivity contribution in [3.8, 4) is 0 Å². The molecule has 1 aromatic carbocycles. The summed E-state index contributed by atoms with van der Waals surface area (Å²) in [6.45, 7) is -0.270. The largest absolute Gasteiger partial charge is 0.456 e. The molecule has 3 rings (SSSR count). The van der Waals surface area contributed by atoms with Crippen LogP contribution in [0.3, 0.4) is 0 Å². The van der Waals surface area contributed by atoms with Crippen molar-refractivity contribution in [1.82, 2.24) is 15.5 Å². The van der Waals surface area contributed by atoms with E-state index in [2.05, 4.69) is 10.6 Å². The second-order valence-electron chi connectivity index (χ2n) is 6.39. The summed E-state index contributed by atoms with van der Waals surface area (Å²) in [5.74, 6) is -1.28. The normalized spacial score (nSPS) is 14.4. The van der Waals surface area contributed by atoms with Gasteiger partial charge in [-0.2, -0.15) is 0 Å². The SMILES string of the molecule is O=C(COC(=O)CCCN1C(=O)CNC1=O)N[C@@H](c1ccccc1)c1cccs1. The topological polar surface area (TPSA) is 105 Å². The molecule has 9 heteroatoms. The Morgan fingerprint density at radius 3 is 2.62 bits per heavy atom. The number of carbonyl (C=O) groups excluding carboxylic acids is 4. The van der Waals surface area contributed by atoms with Crippen molar-refractivity contribution in [2.24, 2.45) is 0 Å². The lowest BCUT2D eigenvalue weighted by molar-refractivity contribution is -0.148. The first-order valence-corrected chi connectivity index (χ1v) is 10.0. The number of imide groups is 1. The van der Waals surface area contributed by atoms with Gasteiger partial charge in [0.25, 0.3) is 5.91 Å². The summed E-state index contributed by atoms with van der Waals surface area (Å²) in [6, 6.07) is 12.6. The molecule has 152 valence electrons. The third kappa shape index (κ3) is 5.64. The zero-order valence-corrected chi connectivity index (χ0v) is 16.4. The van der Waals surface area contributed by atoms with Crippen LogP contribution in [0.1, 0.15) is 29.3 Å². The molecule has 1 aromatic heterocycles. The highest BCUT2D eigenvalue weighted by Crippen LogP contribution is 2.25. The maximum atomic E-state index is 12.3. The summed E-state index contributed by atoms with van der Waals surface area (Å²) < 4.78 is 5.02. The molecule has 2 heterocycles. The number of amides is 4. The fraction of sp³-hybridized carbons (Fsp3) is 0.300. The summed E-state index contributed by atoms with van der Waals surface area (Å²) in [6.07, 6.45) is 0.291. The molecule has 1 aliphatic rings. The van der Waals surface area contributed by atoms with Crippen LogP contribution < -0.4 is 10.6 Å². The standard InChI is InChI=1S/C20H21N3O5S/c24-16(13-28-18(26)9-4-10-23-17(25)12-21-20(23)27)22-19(15-8-5-11-29-15)14-6-2-1-3-7-14/h1-3,5-8,11,19H,4,9-10,12-13H2,(H,21,27)(H,22,24)/t19-/m0/s1. The minimum Gasteiger partial charge on any atom is -0.456 e. The number of hydrogen-bond acceptors (Lipinski definition) is 6. The van der Waals surface area contributed by atoms with Crippen LogP contribution in [0.4, 0.5) is 4.79 Å². The first-order chi connectivity index (χ1) is 14.0. The van der Waals surface area contributed by atoms with E-state index in [1.165, 1.54) is 11.3 Å². The van der Waals surface area contributed by atoms with E-state index < -0.39 is 24.5 Å². The zero-order chi connectivity index (χ0) is 20.6. The van der Waals surface area contributed by atoms with Crippen LogP contribution in [0, 0.1) is 0 Å². The number of ether oxygens (including phenoxy) is 1. The Morgan fingerprint density at radius 1 is 1.17 bits per heavy atom. The molecule has 2 aromatic rings. The molecule has 0 radical (unpaired) electrons. The Bertz CT molecular complexity index is 854. The summed E-state index contributed by atoms with van der Waals surface area (Å²) in [5, 5.41) is 7.24. The molecule has 0 saturated carbocycles. The first-order valence-electron chi connectivity index (χ1n) is 9.16. The van der Waals surface area contributed by atoms with E-state index in [0.717, 1.165) is 15.3 Å². The van der Waals surface area contributed by atoms with Crippen molar-refractivity contribution >= 4 is 35.2 Å². The summed E-state index contributed by atoms with van der Waals surface area (Å²) in [7, 11) is 0. The van der Waals surface area contributed by atoms with Gasteiger partial charge in [-0.25, -0.2) is 4.79 Å². The number of rotatable bonds is 9.